The monoisotopic (exact) mass is 836 g/mol. The van der Waals surface area contributed by atoms with Crippen LogP contribution in [0.1, 0.15) is 27.8 Å². The average molecular weight is 837 g/mol. The van der Waals surface area contributed by atoms with Crippen molar-refractivity contribution in [1.29, 1.82) is 0 Å². The van der Waals surface area contributed by atoms with Gasteiger partial charge in [-0.05, 0) is 151 Å². The van der Waals surface area contributed by atoms with E-state index in [1.54, 1.807) is 0 Å². The smallest absolute Gasteiger partial charge is 0.0776 e. The molecule has 2 aliphatic carbocycles. The van der Waals surface area contributed by atoms with Gasteiger partial charge in [-0.15, -0.1) is 0 Å². The van der Waals surface area contributed by atoms with Crippen LogP contribution in [0.15, 0.2) is 218 Å². The molecule has 0 N–H and O–H groups in total. The van der Waals surface area contributed by atoms with Crippen LogP contribution in [0.5, 0.6) is 0 Å². The van der Waals surface area contributed by atoms with Crippen molar-refractivity contribution in [3.8, 4) is 22.3 Å². The third-order valence-corrected chi connectivity index (χ3v) is 15.8. The van der Waals surface area contributed by atoms with E-state index in [-0.39, 0.29) is 0 Å². The first-order valence-corrected chi connectivity index (χ1v) is 26.0. The first kappa shape index (κ1) is 38.2. The Bertz CT molecular complexity index is 3410. The lowest BCUT2D eigenvalue weighted by molar-refractivity contribution is 0.809. The van der Waals surface area contributed by atoms with Gasteiger partial charge in [0, 0.05) is 34.1 Å². The number of nitrogens with zero attached hydrogens (tertiary/aromatic N) is 2. The van der Waals surface area contributed by atoms with Crippen LogP contribution in [0, 0.1) is 6.92 Å². The van der Waals surface area contributed by atoms with E-state index in [0.717, 1.165) is 28.4 Å². The molecule has 1 spiro atoms. The van der Waals surface area contributed by atoms with Crippen molar-refractivity contribution in [2.24, 2.45) is 0 Å². The third kappa shape index (κ3) is 5.77. The van der Waals surface area contributed by atoms with Crippen molar-refractivity contribution in [2.75, 3.05) is 9.80 Å². The van der Waals surface area contributed by atoms with Gasteiger partial charge in [-0.25, -0.2) is 0 Å². The predicted molar refractivity (Wildman–Crippen MR) is 275 cm³/mol. The Labute approximate surface area is 377 Å². The lowest BCUT2D eigenvalue weighted by atomic mass is 9.68. The Morgan fingerprint density at radius 1 is 0.344 bits per heavy atom. The standard InChI is InChI=1S/C61H48N2Si/c1-41-17-15-22-46(37-41)62(44-18-7-5-8-19-44)48-31-35-51-42(38-48)29-33-55-56-34-30-43-39-49(63(45-20-9-6-10-21-45)47-23-16-24-50(40-47)64(2,3)4)32-36-52(43)60(56)61(59(51)55)57-27-13-11-25-53(57)54-26-12-14-28-58(54)61/h5-40H,1-4H3. The summed E-state index contributed by atoms with van der Waals surface area (Å²) < 4.78 is 0. The van der Waals surface area contributed by atoms with Gasteiger partial charge in [0.1, 0.15) is 0 Å². The average Bonchev–Trinajstić information content (AvgIpc) is 3.80. The van der Waals surface area contributed by atoms with E-state index in [1.165, 1.54) is 82.5 Å². The van der Waals surface area contributed by atoms with Gasteiger partial charge in [0.25, 0.3) is 0 Å². The summed E-state index contributed by atoms with van der Waals surface area (Å²) in [6.07, 6.45) is 0. The van der Waals surface area contributed by atoms with Crippen LogP contribution in [-0.2, 0) is 5.41 Å². The number of benzene rings is 10. The molecule has 0 aromatic heterocycles. The van der Waals surface area contributed by atoms with Gasteiger partial charge in [-0.3, -0.25) is 0 Å². The lowest BCUT2D eigenvalue weighted by Gasteiger charge is -2.33. The molecule has 10 aromatic rings. The molecule has 0 atom stereocenters. The van der Waals surface area contributed by atoms with E-state index < -0.39 is 13.5 Å². The van der Waals surface area contributed by atoms with Gasteiger partial charge in [0.2, 0.25) is 0 Å². The number of aryl methyl sites for hydroxylation is 1. The minimum absolute atomic E-state index is 0.527. The second-order valence-electron chi connectivity index (χ2n) is 18.6. The molecule has 0 amide bonds. The third-order valence-electron chi connectivity index (χ3n) is 13.8. The minimum Gasteiger partial charge on any atom is -0.310 e. The molecule has 0 saturated carbocycles. The van der Waals surface area contributed by atoms with E-state index in [9.17, 15) is 0 Å². The number of para-hydroxylation sites is 2. The molecule has 0 fully saturated rings. The van der Waals surface area contributed by atoms with E-state index in [0.29, 0.717) is 0 Å². The molecule has 0 aliphatic heterocycles. The molecule has 0 heterocycles. The Hall–Kier alpha value is -7.46. The van der Waals surface area contributed by atoms with Crippen LogP contribution >= 0.6 is 0 Å². The van der Waals surface area contributed by atoms with E-state index in [2.05, 4.69) is 255 Å². The quantitative estimate of drug-likeness (QED) is 0.148. The summed E-state index contributed by atoms with van der Waals surface area (Å²) in [7, 11) is -1.57. The fourth-order valence-corrected chi connectivity index (χ4v) is 12.2. The molecule has 0 unspecified atom stereocenters. The molecule has 10 aromatic carbocycles. The predicted octanol–water partition coefficient (Wildman–Crippen LogP) is 16.1. The largest absolute Gasteiger partial charge is 0.310 e. The summed E-state index contributed by atoms with van der Waals surface area (Å²) >= 11 is 0. The van der Waals surface area contributed by atoms with Crippen molar-refractivity contribution < 1.29 is 0 Å². The van der Waals surface area contributed by atoms with Gasteiger partial charge in [0.05, 0.1) is 13.5 Å². The van der Waals surface area contributed by atoms with Crippen LogP contribution in [-0.4, -0.2) is 8.07 Å². The molecule has 64 heavy (non-hydrogen) atoms. The molecule has 0 radical (unpaired) electrons. The fourth-order valence-electron chi connectivity index (χ4n) is 11.0. The first-order chi connectivity index (χ1) is 31.3. The Morgan fingerprint density at radius 2 is 0.781 bits per heavy atom. The highest BCUT2D eigenvalue weighted by Crippen LogP contribution is 2.65. The highest BCUT2D eigenvalue weighted by Gasteiger charge is 2.53. The highest BCUT2D eigenvalue weighted by molar-refractivity contribution is 6.88. The maximum absolute atomic E-state index is 2.43. The summed E-state index contributed by atoms with van der Waals surface area (Å²) in [4.78, 5) is 4.82. The van der Waals surface area contributed by atoms with Crippen molar-refractivity contribution in [3.63, 3.8) is 0 Å². The SMILES string of the molecule is Cc1cccc(N(c2ccccc2)c2ccc3c4c(ccc3c2)-c2ccc3cc(N(c5ccccc5)c5cccc([Si](C)(C)C)c5)ccc3c2C42c3ccccc3-c3ccccc32)c1. The lowest BCUT2D eigenvalue weighted by Crippen LogP contribution is -2.37. The molecular formula is C61H48N2Si. The number of rotatable bonds is 7. The van der Waals surface area contributed by atoms with Crippen molar-refractivity contribution >= 4 is 68.9 Å². The van der Waals surface area contributed by atoms with Crippen molar-refractivity contribution in [1.82, 2.24) is 0 Å². The summed E-state index contributed by atoms with van der Waals surface area (Å²) in [5.41, 5.74) is 18.3. The number of hydrogen-bond donors (Lipinski definition) is 0. The summed E-state index contributed by atoms with van der Waals surface area (Å²) in [6, 6.07) is 81.8. The first-order valence-electron chi connectivity index (χ1n) is 22.5. The Kier molecular flexibility index (Phi) is 8.69. The zero-order chi connectivity index (χ0) is 43.2. The minimum atomic E-state index is -1.57. The van der Waals surface area contributed by atoms with Gasteiger partial charge >= 0.3 is 0 Å². The van der Waals surface area contributed by atoms with Gasteiger partial charge in [0.15, 0.2) is 0 Å². The van der Waals surface area contributed by atoms with Crippen LogP contribution in [0.3, 0.4) is 0 Å². The summed E-state index contributed by atoms with van der Waals surface area (Å²) in [6.45, 7) is 9.45. The topological polar surface area (TPSA) is 6.48 Å². The molecule has 0 bridgehead atoms. The number of fused-ring (bicyclic) bond motifs is 14. The number of anilines is 6. The fraction of sp³-hybridized carbons (Fsp3) is 0.0820. The maximum Gasteiger partial charge on any atom is 0.0776 e. The van der Waals surface area contributed by atoms with Gasteiger partial charge in [-0.1, -0.05) is 170 Å². The molecular weight excluding hydrogens is 789 g/mol. The van der Waals surface area contributed by atoms with Crippen LogP contribution in [0.25, 0.3) is 43.8 Å². The normalized spacial score (nSPS) is 13.1. The van der Waals surface area contributed by atoms with Gasteiger partial charge in [-0.2, -0.15) is 0 Å². The zero-order valence-corrected chi connectivity index (χ0v) is 37.7. The van der Waals surface area contributed by atoms with E-state index in [4.69, 9.17) is 0 Å². The number of hydrogen-bond acceptors (Lipinski definition) is 2. The van der Waals surface area contributed by atoms with Gasteiger partial charge < -0.3 is 9.80 Å². The molecule has 2 nitrogen and oxygen atoms in total. The van der Waals surface area contributed by atoms with Crippen LogP contribution < -0.4 is 15.0 Å². The Balaban J connectivity index is 1.10. The second-order valence-corrected chi connectivity index (χ2v) is 23.7. The van der Waals surface area contributed by atoms with Crippen LogP contribution in [0.4, 0.5) is 34.1 Å². The zero-order valence-electron chi connectivity index (χ0n) is 36.7. The molecule has 2 aliphatic rings. The molecule has 3 heteroatoms. The molecule has 12 rings (SSSR count). The van der Waals surface area contributed by atoms with E-state index >= 15 is 0 Å². The highest BCUT2D eigenvalue weighted by atomic mass is 28.3. The van der Waals surface area contributed by atoms with Crippen molar-refractivity contribution in [3.05, 3.63) is 246 Å². The van der Waals surface area contributed by atoms with Crippen molar-refractivity contribution in [2.45, 2.75) is 32.0 Å². The van der Waals surface area contributed by atoms with E-state index in [1.807, 2.05) is 0 Å². The molecule has 0 saturated heterocycles. The Morgan fingerprint density at radius 3 is 1.28 bits per heavy atom. The summed E-state index contributed by atoms with van der Waals surface area (Å²) in [5, 5.41) is 6.47. The second kappa shape index (κ2) is 14.6. The van der Waals surface area contributed by atoms with Crippen LogP contribution in [0.2, 0.25) is 19.6 Å². The molecule has 306 valence electrons. The summed E-state index contributed by atoms with van der Waals surface area (Å²) in [5.74, 6) is 0. The maximum atomic E-state index is 2.43.